The maximum atomic E-state index is 9.82. The number of hydrogen-bond acceptors (Lipinski definition) is 3. The van der Waals surface area contributed by atoms with Gasteiger partial charge in [-0.25, -0.2) is 0 Å². The maximum absolute atomic E-state index is 9.82. The highest BCUT2D eigenvalue weighted by Crippen LogP contribution is 2.27. The fourth-order valence-electron chi connectivity index (χ4n) is 2.79. The standard InChI is InChI=1S/C16H25NO2/c1-5-15(18)13-6-8-14(9-7-13)17-10-12(2)19-16(3,4)11-17/h6-9,12,15,18H,5,10-11H2,1-4H3. The third kappa shape index (κ3) is 3.48. The molecule has 1 aromatic carbocycles. The molecule has 1 N–H and O–H groups in total. The lowest BCUT2D eigenvalue weighted by atomic mass is 10.0. The minimum atomic E-state index is -0.353. The van der Waals surface area contributed by atoms with Gasteiger partial charge in [-0.05, 0) is 44.9 Å². The van der Waals surface area contributed by atoms with Crippen LogP contribution in [0.4, 0.5) is 5.69 Å². The van der Waals surface area contributed by atoms with Crippen LogP contribution in [0.3, 0.4) is 0 Å². The SMILES string of the molecule is CCC(O)c1ccc(N2CC(C)OC(C)(C)C2)cc1. The molecule has 2 unspecified atom stereocenters. The number of nitrogens with zero attached hydrogens (tertiary/aromatic N) is 1. The van der Waals surface area contributed by atoms with E-state index in [1.54, 1.807) is 0 Å². The van der Waals surface area contributed by atoms with E-state index in [1.165, 1.54) is 5.69 Å². The zero-order chi connectivity index (χ0) is 14.0. The van der Waals surface area contributed by atoms with E-state index in [2.05, 4.69) is 37.8 Å². The summed E-state index contributed by atoms with van der Waals surface area (Å²) in [4.78, 5) is 2.36. The smallest absolute Gasteiger partial charge is 0.0805 e. The number of hydrogen-bond donors (Lipinski definition) is 1. The van der Waals surface area contributed by atoms with Crippen molar-refractivity contribution in [2.24, 2.45) is 0 Å². The van der Waals surface area contributed by atoms with Gasteiger partial charge in [-0.2, -0.15) is 0 Å². The van der Waals surface area contributed by atoms with Crippen molar-refractivity contribution in [1.82, 2.24) is 0 Å². The molecule has 0 bridgehead atoms. The Hall–Kier alpha value is -1.06. The predicted molar refractivity (Wildman–Crippen MR) is 78.5 cm³/mol. The van der Waals surface area contributed by atoms with Crippen LogP contribution in [0.25, 0.3) is 0 Å². The van der Waals surface area contributed by atoms with Crippen molar-refractivity contribution < 1.29 is 9.84 Å². The molecule has 1 saturated heterocycles. The van der Waals surface area contributed by atoms with Crippen LogP contribution < -0.4 is 4.90 Å². The molecule has 0 aliphatic carbocycles. The van der Waals surface area contributed by atoms with Crippen molar-refractivity contribution in [3.63, 3.8) is 0 Å². The van der Waals surface area contributed by atoms with Crippen LogP contribution >= 0.6 is 0 Å². The van der Waals surface area contributed by atoms with E-state index >= 15 is 0 Å². The van der Waals surface area contributed by atoms with Crippen LogP contribution in [-0.2, 0) is 4.74 Å². The van der Waals surface area contributed by atoms with E-state index in [0.29, 0.717) is 0 Å². The lowest BCUT2D eigenvalue weighted by Gasteiger charge is -2.43. The van der Waals surface area contributed by atoms with Crippen LogP contribution in [0.5, 0.6) is 0 Å². The normalized spacial score (nSPS) is 24.3. The minimum absolute atomic E-state index is 0.112. The second-order valence-electron chi connectivity index (χ2n) is 6.08. The van der Waals surface area contributed by atoms with Gasteiger partial charge in [0.1, 0.15) is 0 Å². The second-order valence-corrected chi connectivity index (χ2v) is 6.08. The zero-order valence-corrected chi connectivity index (χ0v) is 12.4. The Morgan fingerprint density at radius 2 is 2.00 bits per heavy atom. The number of anilines is 1. The quantitative estimate of drug-likeness (QED) is 0.909. The van der Waals surface area contributed by atoms with Gasteiger partial charge in [0.15, 0.2) is 0 Å². The lowest BCUT2D eigenvalue weighted by Crippen LogP contribution is -2.52. The van der Waals surface area contributed by atoms with Crippen LogP contribution in [0.2, 0.25) is 0 Å². The molecule has 3 heteroatoms. The van der Waals surface area contributed by atoms with Crippen LogP contribution in [-0.4, -0.2) is 29.9 Å². The lowest BCUT2D eigenvalue weighted by molar-refractivity contribution is -0.0749. The number of benzene rings is 1. The van der Waals surface area contributed by atoms with E-state index in [1.807, 2.05) is 19.1 Å². The van der Waals surface area contributed by atoms with Gasteiger partial charge < -0.3 is 14.7 Å². The van der Waals surface area contributed by atoms with Crippen molar-refractivity contribution in [3.8, 4) is 0 Å². The van der Waals surface area contributed by atoms with E-state index < -0.39 is 0 Å². The van der Waals surface area contributed by atoms with Gasteiger partial charge in [-0.1, -0.05) is 19.1 Å². The molecular formula is C16H25NO2. The van der Waals surface area contributed by atoms with Gasteiger partial charge in [0.2, 0.25) is 0 Å². The van der Waals surface area contributed by atoms with Gasteiger partial charge in [0, 0.05) is 18.8 Å². The molecule has 0 saturated carbocycles. The molecule has 1 aliphatic heterocycles. The summed E-state index contributed by atoms with van der Waals surface area (Å²) in [7, 11) is 0. The molecule has 0 aromatic heterocycles. The summed E-state index contributed by atoms with van der Waals surface area (Å²) >= 11 is 0. The van der Waals surface area contributed by atoms with Gasteiger partial charge in [-0.15, -0.1) is 0 Å². The minimum Gasteiger partial charge on any atom is -0.388 e. The summed E-state index contributed by atoms with van der Waals surface area (Å²) in [6.07, 6.45) is 0.639. The topological polar surface area (TPSA) is 32.7 Å². The predicted octanol–water partition coefficient (Wildman–Crippen LogP) is 3.13. The third-order valence-corrected chi connectivity index (χ3v) is 3.60. The van der Waals surface area contributed by atoms with Gasteiger partial charge in [-0.3, -0.25) is 0 Å². The number of aliphatic hydroxyl groups is 1. The summed E-state index contributed by atoms with van der Waals surface area (Å²) in [5, 5.41) is 9.82. The molecule has 1 aliphatic rings. The largest absolute Gasteiger partial charge is 0.388 e. The Bertz CT molecular complexity index is 413. The molecule has 1 fully saturated rings. The first kappa shape index (κ1) is 14.4. The molecule has 106 valence electrons. The number of morpholine rings is 1. The fraction of sp³-hybridized carbons (Fsp3) is 0.625. The van der Waals surface area contributed by atoms with Gasteiger partial charge >= 0.3 is 0 Å². The van der Waals surface area contributed by atoms with E-state index in [-0.39, 0.29) is 17.8 Å². The monoisotopic (exact) mass is 263 g/mol. The Morgan fingerprint density at radius 1 is 1.37 bits per heavy atom. The van der Waals surface area contributed by atoms with Crippen LogP contribution in [0.15, 0.2) is 24.3 Å². The molecule has 0 spiro atoms. The first-order chi connectivity index (χ1) is 8.91. The second kappa shape index (κ2) is 5.51. The highest BCUT2D eigenvalue weighted by atomic mass is 16.5. The highest BCUT2D eigenvalue weighted by molar-refractivity contribution is 5.48. The fourth-order valence-corrected chi connectivity index (χ4v) is 2.79. The molecule has 1 heterocycles. The van der Waals surface area contributed by atoms with E-state index in [9.17, 15) is 5.11 Å². The Labute approximate surface area is 116 Å². The number of rotatable bonds is 3. The number of aliphatic hydroxyl groups excluding tert-OH is 1. The molecule has 0 radical (unpaired) electrons. The van der Waals surface area contributed by atoms with Gasteiger partial charge in [0.05, 0.1) is 17.8 Å². The molecule has 1 aromatic rings. The van der Waals surface area contributed by atoms with Crippen molar-refractivity contribution in [3.05, 3.63) is 29.8 Å². The van der Waals surface area contributed by atoms with Crippen molar-refractivity contribution >= 4 is 5.69 Å². The summed E-state index contributed by atoms with van der Waals surface area (Å²) < 4.78 is 5.92. The zero-order valence-electron chi connectivity index (χ0n) is 12.4. The van der Waals surface area contributed by atoms with Crippen molar-refractivity contribution in [2.75, 3.05) is 18.0 Å². The molecule has 2 atom stereocenters. The third-order valence-electron chi connectivity index (χ3n) is 3.60. The Morgan fingerprint density at radius 3 is 2.53 bits per heavy atom. The van der Waals surface area contributed by atoms with E-state index in [4.69, 9.17) is 4.74 Å². The average Bonchev–Trinajstić information content (AvgIpc) is 2.35. The molecular weight excluding hydrogens is 238 g/mol. The summed E-state index contributed by atoms with van der Waals surface area (Å²) in [5.41, 5.74) is 2.08. The Balaban J connectivity index is 2.13. The van der Waals surface area contributed by atoms with E-state index in [0.717, 1.165) is 25.1 Å². The molecule has 0 amide bonds. The average molecular weight is 263 g/mol. The first-order valence-electron chi connectivity index (χ1n) is 7.12. The highest BCUT2D eigenvalue weighted by Gasteiger charge is 2.31. The van der Waals surface area contributed by atoms with Gasteiger partial charge in [0.25, 0.3) is 0 Å². The van der Waals surface area contributed by atoms with Crippen LogP contribution in [0, 0.1) is 0 Å². The van der Waals surface area contributed by atoms with Crippen molar-refractivity contribution in [2.45, 2.75) is 51.9 Å². The summed E-state index contributed by atoms with van der Waals surface area (Å²) in [5.74, 6) is 0. The van der Waals surface area contributed by atoms with Crippen molar-refractivity contribution in [1.29, 1.82) is 0 Å². The molecule has 19 heavy (non-hydrogen) atoms. The Kier molecular flexibility index (Phi) is 4.16. The molecule has 3 nitrogen and oxygen atoms in total. The van der Waals surface area contributed by atoms with Crippen LogP contribution in [0.1, 0.15) is 45.8 Å². The number of ether oxygens (including phenoxy) is 1. The summed E-state index contributed by atoms with van der Waals surface area (Å²) in [6.45, 7) is 10.2. The summed E-state index contributed by atoms with van der Waals surface area (Å²) in [6, 6.07) is 8.25. The molecule has 2 rings (SSSR count). The maximum Gasteiger partial charge on any atom is 0.0805 e. The first-order valence-corrected chi connectivity index (χ1v) is 7.12.